The topological polar surface area (TPSA) is 49.3 Å². The van der Waals surface area contributed by atoms with Crippen LogP contribution in [0.2, 0.25) is 0 Å². The number of rotatable bonds is 4. The first-order valence-electron chi connectivity index (χ1n) is 3.34. The van der Waals surface area contributed by atoms with Gasteiger partial charge in [-0.2, -0.15) is 0 Å². The smallest absolute Gasteiger partial charge is 0.317 e. The van der Waals surface area contributed by atoms with Crippen molar-refractivity contribution in [3.05, 3.63) is 20.8 Å². The fraction of sp³-hybridized carbons (Fsp3) is 0.286. The minimum Gasteiger partial charge on any atom is -0.480 e. The predicted octanol–water partition coefficient (Wildman–Crippen LogP) is 1.68. The van der Waals surface area contributed by atoms with E-state index in [0.717, 1.165) is 9.35 Å². The molecule has 0 aromatic carbocycles. The Labute approximate surface area is 82.5 Å². The number of carbonyl (C=O) groups is 1. The van der Waals surface area contributed by atoms with Crippen molar-refractivity contribution in [1.82, 2.24) is 5.32 Å². The van der Waals surface area contributed by atoms with Crippen LogP contribution in [0.1, 0.15) is 4.88 Å². The van der Waals surface area contributed by atoms with E-state index in [1.807, 2.05) is 11.4 Å². The summed E-state index contributed by atoms with van der Waals surface area (Å²) in [6.07, 6.45) is 0. The monoisotopic (exact) mass is 249 g/mol. The summed E-state index contributed by atoms with van der Waals surface area (Å²) in [5.41, 5.74) is 0. The maximum absolute atomic E-state index is 10.1. The highest BCUT2D eigenvalue weighted by atomic mass is 79.9. The Kier molecular flexibility index (Phi) is 3.71. The molecule has 0 radical (unpaired) electrons. The third-order valence-corrected chi connectivity index (χ3v) is 2.89. The fourth-order valence-corrected chi connectivity index (χ4v) is 2.16. The van der Waals surface area contributed by atoms with E-state index in [-0.39, 0.29) is 6.54 Å². The largest absolute Gasteiger partial charge is 0.480 e. The highest BCUT2D eigenvalue weighted by Crippen LogP contribution is 2.19. The summed E-state index contributed by atoms with van der Waals surface area (Å²) in [4.78, 5) is 11.3. The summed E-state index contributed by atoms with van der Waals surface area (Å²) >= 11 is 4.92. The Morgan fingerprint density at radius 2 is 2.50 bits per heavy atom. The molecular weight excluding hydrogens is 242 g/mol. The first kappa shape index (κ1) is 9.70. The predicted molar refractivity (Wildman–Crippen MR) is 51.4 cm³/mol. The van der Waals surface area contributed by atoms with Crippen LogP contribution in [0, 0.1) is 0 Å². The molecule has 1 heterocycles. The lowest BCUT2D eigenvalue weighted by Crippen LogP contribution is -2.21. The van der Waals surface area contributed by atoms with Gasteiger partial charge in [0.2, 0.25) is 0 Å². The molecule has 3 nitrogen and oxygen atoms in total. The van der Waals surface area contributed by atoms with Crippen LogP contribution in [0.3, 0.4) is 0 Å². The third kappa shape index (κ3) is 3.34. The van der Waals surface area contributed by atoms with Crippen LogP contribution in [-0.2, 0) is 11.3 Å². The minimum atomic E-state index is -0.828. The lowest BCUT2D eigenvalue weighted by atomic mass is 10.4. The zero-order valence-corrected chi connectivity index (χ0v) is 8.61. The third-order valence-electron chi connectivity index (χ3n) is 1.20. The number of thiophene rings is 1. The fourth-order valence-electron chi connectivity index (χ4n) is 0.739. The van der Waals surface area contributed by atoms with Crippen molar-refractivity contribution in [3.8, 4) is 0 Å². The molecule has 0 unspecified atom stereocenters. The van der Waals surface area contributed by atoms with E-state index in [2.05, 4.69) is 21.2 Å². The van der Waals surface area contributed by atoms with Crippen LogP contribution >= 0.6 is 27.3 Å². The molecule has 2 N–H and O–H groups in total. The van der Waals surface area contributed by atoms with Crippen molar-refractivity contribution < 1.29 is 9.90 Å². The van der Waals surface area contributed by atoms with Crippen molar-refractivity contribution in [2.24, 2.45) is 0 Å². The molecule has 0 aliphatic heterocycles. The van der Waals surface area contributed by atoms with Crippen molar-refractivity contribution in [1.29, 1.82) is 0 Å². The van der Waals surface area contributed by atoms with Crippen LogP contribution in [0.5, 0.6) is 0 Å². The SMILES string of the molecule is O=C(O)CNCc1cc(Br)cs1. The van der Waals surface area contributed by atoms with E-state index in [0.29, 0.717) is 6.54 Å². The summed E-state index contributed by atoms with van der Waals surface area (Å²) in [5, 5.41) is 13.1. The van der Waals surface area contributed by atoms with Gasteiger partial charge < -0.3 is 10.4 Å². The van der Waals surface area contributed by atoms with Crippen LogP contribution in [-0.4, -0.2) is 17.6 Å². The van der Waals surface area contributed by atoms with Gasteiger partial charge in [0.05, 0.1) is 6.54 Å². The van der Waals surface area contributed by atoms with Crippen LogP contribution in [0.15, 0.2) is 15.9 Å². The molecule has 0 atom stereocenters. The number of halogens is 1. The number of hydrogen-bond acceptors (Lipinski definition) is 3. The molecule has 0 fully saturated rings. The molecule has 0 amide bonds. The van der Waals surface area contributed by atoms with Gasteiger partial charge in [-0.05, 0) is 22.0 Å². The standard InChI is InChI=1S/C7H8BrNO2S/c8-5-1-6(12-4-5)2-9-3-7(10)11/h1,4,9H,2-3H2,(H,10,11). The van der Waals surface area contributed by atoms with Gasteiger partial charge in [0.25, 0.3) is 0 Å². The molecule has 0 saturated carbocycles. The zero-order valence-electron chi connectivity index (χ0n) is 6.21. The highest BCUT2D eigenvalue weighted by Gasteiger charge is 1.98. The molecule has 0 aliphatic rings. The Morgan fingerprint density at radius 3 is 3.00 bits per heavy atom. The van der Waals surface area contributed by atoms with E-state index >= 15 is 0 Å². The number of carboxylic acids is 1. The van der Waals surface area contributed by atoms with Gasteiger partial charge in [0, 0.05) is 21.3 Å². The second kappa shape index (κ2) is 4.59. The average molecular weight is 250 g/mol. The molecule has 5 heteroatoms. The highest BCUT2D eigenvalue weighted by molar-refractivity contribution is 9.10. The zero-order chi connectivity index (χ0) is 8.97. The van der Waals surface area contributed by atoms with Crippen LogP contribution in [0.4, 0.5) is 0 Å². The number of hydrogen-bond donors (Lipinski definition) is 2. The maximum Gasteiger partial charge on any atom is 0.317 e. The van der Waals surface area contributed by atoms with Crippen molar-refractivity contribution in [2.75, 3.05) is 6.54 Å². The molecule has 1 rings (SSSR count). The van der Waals surface area contributed by atoms with E-state index in [1.54, 1.807) is 11.3 Å². The number of aliphatic carboxylic acids is 1. The summed E-state index contributed by atoms with van der Waals surface area (Å²) < 4.78 is 1.04. The normalized spacial score (nSPS) is 10.1. The molecule has 1 aromatic rings. The first-order valence-corrected chi connectivity index (χ1v) is 5.01. The molecule has 0 saturated heterocycles. The van der Waals surface area contributed by atoms with Gasteiger partial charge in [0.15, 0.2) is 0 Å². The molecule has 0 spiro atoms. The minimum absolute atomic E-state index is 0.00944. The molecular formula is C7H8BrNO2S. The van der Waals surface area contributed by atoms with E-state index in [9.17, 15) is 4.79 Å². The lowest BCUT2D eigenvalue weighted by molar-refractivity contribution is -0.135. The average Bonchev–Trinajstić information content (AvgIpc) is 2.35. The van der Waals surface area contributed by atoms with Gasteiger partial charge in [-0.15, -0.1) is 11.3 Å². The number of carboxylic acid groups (broad SMARTS) is 1. The second-order valence-corrected chi connectivity index (χ2v) is 4.14. The Balaban J connectivity index is 2.29. The Hall–Kier alpha value is -0.390. The molecule has 0 aliphatic carbocycles. The maximum atomic E-state index is 10.1. The molecule has 1 aromatic heterocycles. The molecule has 66 valence electrons. The summed E-state index contributed by atoms with van der Waals surface area (Å²) in [6, 6.07) is 1.97. The second-order valence-electron chi connectivity index (χ2n) is 2.23. The first-order chi connectivity index (χ1) is 5.68. The summed E-state index contributed by atoms with van der Waals surface area (Å²) in [7, 11) is 0. The van der Waals surface area contributed by atoms with Crippen LogP contribution < -0.4 is 5.32 Å². The molecule has 0 bridgehead atoms. The Bertz CT molecular complexity index is 274. The summed E-state index contributed by atoms with van der Waals surface area (Å²) in [6.45, 7) is 0.623. The van der Waals surface area contributed by atoms with Crippen molar-refractivity contribution in [3.63, 3.8) is 0 Å². The van der Waals surface area contributed by atoms with Gasteiger partial charge in [-0.1, -0.05) is 0 Å². The quantitative estimate of drug-likeness (QED) is 0.854. The van der Waals surface area contributed by atoms with Crippen molar-refractivity contribution in [2.45, 2.75) is 6.54 Å². The van der Waals surface area contributed by atoms with Gasteiger partial charge in [0.1, 0.15) is 0 Å². The van der Waals surface area contributed by atoms with E-state index < -0.39 is 5.97 Å². The van der Waals surface area contributed by atoms with Gasteiger partial charge in [-0.25, -0.2) is 0 Å². The van der Waals surface area contributed by atoms with E-state index in [1.165, 1.54) is 0 Å². The lowest BCUT2D eigenvalue weighted by Gasteiger charge is -1.96. The summed E-state index contributed by atoms with van der Waals surface area (Å²) in [5.74, 6) is -0.828. The Morgan fingerprint density at radius 1 is 1.75 bits per heavy atom. The molecule has 12 heavy (non-hydrogen) atoms. The van der Waals surface area contributed by atoms with Crippen molar-refractivity contribution >= 4 is 33.2 Å². The van der Waals surface area contributed by atoms with Crippen LogP contribution in [0.25, 0.3) is 0 Å². The number of nitrogens with one attached hydrogen (secondary N) is 1. The van der Waals surface area contributed by atoms with Gasteiger partial charge in [-0.3, -0.25) is 4.79 Å². The van der Waals surface area contributed by atoms with Gasteiger partial charge >= 0.3 is 5.97 Å². The van der Waals surface area contributed by atoms with E-state index in [4.69, 9.17) is 5.11 Å².